The molecule has 4 heteroatoms. The first-order valence-electron chi connectivity index (χ1n) is 4.35. The van der Waals surface area contributed by atoms with Crippen LogP contribution in [0.15, 0.2) is 23.4 Å². The van der Waals surface area contributed by atoms with Crippen LogP contribution in [0.1, 0.15) is 18.9 Å². The van der Waals surface area contributed by atoms with Crippen LogP contribution in [-0.2, 0) is 4.84 Å². The summed E-state index contributed by atoms with van der Waals surface area (Å²) in [4.78, 5) is 4.91. The first-order valence-corrected chi connectivity index (χ1v) is 4.35. The summed E-state index contributed by atoms with van der Waals surface area (Å²) in [6.07, 6.45) is 0.452. The normalized spacial score (nSPS) is 20.5. The van der Waals surface area contributed by atoms with Gasteiger partial charge in [0.2, 0.25) is 0 Å². The summed E-state index contributed by atoms with van der Waals surface area (Å²) in [6.45, 7) is 1.83. The molecular weight excluding hydrogens is 188 g/mol. The Labute approximate surface area is 80.2 Å². The Balaban J connectivity index is 2.36. The largest absolute Gasteiger partial charge is 0.392 e. The van der Waals surface area contributed by atoms with Crippen molar-refractivity contribution in [3.63, 3.8) is 0 Å². The first kappa shape index (κ1) is 9.12. The minimum absolute atomic E-state index is 0.0623. The van der Waals surface area contributed by atoms with E-state index in [0.717, 1.165) is 18.2 Å². The van der Waals surface area contributed by atoms with Gasteiger partial charge in [-0.25, -0.2) is 8.78 Å². The van der Waals surface area contributed by atoms with E-state index in [2.05, 4.69) is 5.16 Å². The Kier molecular flexibility index (Phi) is 2.19. The highest BCUT2D eigenvalue weighted by atomic mass is 19.1. The third kappa shape index (κ3) is 1.60. The van der Waals surface area contributed by atoms with E-state index in [1.807, 2.05) is 6.92 Å². The molecule has 0 N–H and O–H groups in total. The third-order valence-corrected chi connectivity index (χ3v) is 2.06. The van der Waals surface area contributed by atoms with Crippen LogP contribution in [-0.4, -0.2) is 11.8 Å². The van der Waals surface area contributed by atoms with Crippen molar-refractivity contribution in [1.82, 2.24) is 0 Å². The molecule has 0 radical (unpaired) electrons. The van der Waals surface area contributed by atoms with Crippen molar-refractivity contribution in [1.29, 1.82) is 0 Å². The smallest absolute Gasteiger partial charge is 0.132 e. The molecule has 2 rings (SSSR count). The standard InChI is InChI=1S/C10H9F2NO/c1-6-4-10(13-14-6)8-5-7(11)2-3-9(8)12/h2-3,5-6H,4H2,1H3. The molecule has 14 heavy (non-hydrogen) atoms. The van der Waals surface area contributed by atoms with E-state index < -0.39 is 11.6 Å². The van der Waals surface area contributed by atoms with E-state index in [4.69, 9.17) is 4.84 Å². The Bertz CT molecular complexity index is 390. The van der Waals surface area contributed by atoms with E-state index in [1.54, 1.807) is 0 Å². The SMILES string of the molecule is CC1CC(c2cc(F)ccc2F)=NO1. The van der Waals surface area contributed by atoms with Crippen molar-refractivity contribution in [2.75, 3.05) is 0 Å². The molecule has 0 bridgehead atoms. The van der Waals surface area contributed by atoms with Gasteiger partial charge in [-0.05, 0) is 25.1 Å². The van der Waals surface area contributed by atoms with Gasteiger partial charge >= 0.3 is 0 Å². The Morgan fingerprint density at radius 1 is 1.43 bits per heavy atom. The molecule has 0 spiro atoms. The van der Waals surface area contributed by atoms with Gasteiger partial charge < -0.3 is 4.84 Å². The van der Waals surface area contributed by atoms with Gasteiger partial charge in [0.05, 0.1) is 5.71 Å². The molecule has 1 unspecified atom stereocenters. The molecule has 1 aliphatic rings. The lowest BCUT2D eigenvalue weighted by atomic mass is 10.1. The van der Waals surface area contributed by atoms with Crippen LogP contribution in [0.2, 0.25) is 0 Å². The second-order valence-electron chi connectivity index (χ2n) is 3.28. The molecule has 0 saturated heterocycles. The highest BCUT2D eigenvalue weighted by Gasteiger charge is 2.20. The molecule has 1 aromatic carbocycles. The Morgan fingerprint density at radius 3 is 2.86 bits per heavy atom. The van der Waals surface area contributed by atoms with Gasteiger partial charge in [0.1, 0.15) is 17.7 Å². The quantitative estimate of drug-likeness (QED) is 0.677. The van der Waals surface area contributed by atoms with Crippen LogP contribution in [0.25, 0.3) is 0 Å². The highest BCUT2D eigenvalue weighted by Crippen LogP contribution is 2.19. The van der Waals surface area contributed by atoms with Crippen LogP contribution in [0.3, 0.4) is 0 Å². The zero-order valence-electron chi connectivity index (χ0n) is 7.63. The van der Waals surface area contributed by atoms with Crippen LogP contribution in [0.4, 0.5) is 8.78 Å². The molecule has 2 nitrogen and oxygen atoms in total. The summed E-state index contributed by atoms with van der Waals surface area (Å²) in [6, 6.07) is 3.31. The zero-order valence-corrected chi connectivity index (χ0v) is 7.63. The third-order valence-electron chi connectivity index (χ3n) is 2.06. The fourth-order valence-electron chi connectivity index (χ4n) is 1.38. The number of rotatable bonds is 1. The molecule has 0 aliphatic carbocycles. The van der Waals surface area contributed by atoms with E-state index in [1.165, 1.54) is 0 Å². The molecule has 0 aromatic heterocycles. The lowest BCUT2D eigenvalue weighted by molar-refractivity contribution is 0.0995. The van der Waals surface area contributed by atoms with E-state index in [-0.39, 0.29) is 11.7 Å². The van der Waals surface area contributed by atoms with Gasteiger partial charge in [0.15, 0.2) is 0 Å². The molecule has 1 aliphatic heterocycles. The van der Waals surface area contributed by atoms with E-state index in [9.17, 15) is 8.78 Å². The summed E-state index contributed by atoms with van der Waals surface area (Å²) in [5.41, 5.74) is 0.656. The average molecular weight is 197 g/mol. The Hall–Kier alpha value is -1.45. The van der Waals surface area contributed by atoms with Gasteiger partial charge in [-0.3, -0.25) is 0 Å². The molecular formula is C10H9F2NO. The summed E-state index contributed by atoms with van der Waals surface area (Å²) >= 11 is 0. The van der Waals surface area contributed by atoms with E-state index in [0.29, 0.717) is 12.1 Å². The fraction of sp³-hybridized carbons (Fsp3) is 0.300. The summed E-state index contributed by atoms with van der Waals surface area (Å²) < 4.78 is 26.1. The molecule has 1 atom stereocenters. The van der Waals surface area contributed by atoms with Crippen LogP contribution in [0.5, 0.6) is 0 Å². The van der Waals surface area contributed by atoms with Crippen LogP contribution < -0.4 is 0 Å². The van der Waals surface area contributed by atoms with Gasteiger partial charge in [0, 0.05) is 12.0 Å². The predicted molar refractivity (Wildman–Crippen MR) is 48.1 cm³/mol. The molecule has 0 amide bonds. The summed E-state index contributed by atoms with van der Waals surface area (Å²) in [5.74, 6) is -0.938. The van der Waals surface area contributed by atoms with Gasteiger partial charge in [0.25, 0.3) is 0 Å². The number of hydrogen-bond donors (Lipinski definition) is 0. The number of hydrogen-bond acceptors (Lipinski definition) is 2. The van der Waals surface area contributed by atoms with Crippen molar-refractivity contribution < 1.29 is 13.6 Å². The van der Waals surface area contributed by atoms with E-state index >= 15 is 0 Å². The number of nitrogens with zero attached hydrogens (tertiary/aromatic N) is 1. The van der Waals surface area contributed by atoms with Crippen molar-refractivity contribution in [3.05, 3.63) is 35.4 Å². The van der Waals surface area contributed by atoms with Gasteiger partial charge in [-0.2, -0.15) is 0 Å². The highest BCUT2D eigenvalue weighted by molar-refractivity contribution is 6.01. The molecule has 1 heterocycles. The predicted octanol–water partition coefficient (Wildman–Crippen LogP) is 2.48. The van der Waals surface area contributed by atoms with Crippen LogP contribution >= 0.6 is 0 Å². The lowest BCUT2D eigenvalue weighted by Gasteiger charge is -2.00. The van der Waals surface area contributed by atoms with Crippen LogP contribution in [0, 0.1) is 11.6 Å². The second-order valence-corrected chi connectivity index (χ2v) is 3.28. The summed E-state index contributed by atoms with van der Waals surface area (Å²) in [7, 11) is 0. The number of benzene rings is 1. The number of halogens is 2. The number of oxime groups is 1. The molecule has 74 valence electrons. The molecule has 1 aromatic rings. The summed E-state index contributed by atoms with van der Waals surface area (Å²) in [5, 5.41) is 3.70. The minimum Gasteiger partial charge on any atom is -0.392 e. The maximum Gasteiger partial charge on any atom is 0.132 e. The van der Waals surface area contributed by atoms with Crippen molar-refractivity contribution >= 4 is 5.71 Å². The first-order chi connectivity index (χ1) is 6.66. The Morgan fingerprint density at radius 2 is 2.21 bits per heavy atom. The second kappa shape index (κ2) is 3.36. The maximum absolute atomic E-state index is 13.2. The maximum atomic E-state index is 13.2. The monoisotopic (exact) mass is 197 g/mol. The van der Waals surface area contributed by atoms with Gasteiger partial charge in [-0.1, -0.05) is 5.16 Å². The zero-order chi connectivity index (χ0) is 10.1. The lowest BCUT2D eigenvalue weighted by Crippen LogP contribution is -2.05. The molecule has 0 saturated carbocycles. The topological polar surface area (TPSA) is 21.6 Å². The van der Waals surface area contributed by atoms with Crippen molar-refractivity contribution in [2.24, 2.45) is 5.16 Å². The van der Waals surface area contributed by atoms with Gasteiger partial charge in [-0.15, -0.1) is 0 Å². The van der Waals surface area contributed by atoms with Crippen molar-refractivity contribution in [2.45, 2.75) is 19.4 Å². The minimum atomic E-state index is -0.470. The molecule has 0 fully saturated rings. The fourth-order valence-corrected chi connectivity index (χ4v) is 1.38. The van der Waals surface area contributed by atoms with Crippen molar-refractivity contribution in [3.8, 4) is 0 Å². The average Bonchev–Trinajstić information content (AvgIpc) is 2.56.